The SMILES string of the molecule is CN=C/C=C(\C)Br. The van der Waals surface area contributed by atoms with Crippen LogP contribution in [0.5, 0.6) is 0 Å². The standard InChI is InChI=1S/C5H8BrN/c1-5(6)3-4-7-2/h3-4H,1-2H3/b5-3+,7-4?. The molecular weight excluding hydrogens is 154 g/mol. The Hall–Kier alpha value is -0.110. The van der Waals surface area contributed by atoms with E-state index in [1.54, 1.807) is 13.3 Å². The molecule has 0 unspecified atom stereocenters. The van der Waals surface area contributed by atoms with Crippen molar-refractivity contribution in [2.75, 3.05) is 7.05 Å². The van der Waals surface area contributed by atoms with Gasteiger partial charge >= 0.3 is 0 Å². The Morgan fingerprint density at radius 3 is 2.43 bits per heavy atom. The van der Waals surface area contributed by atoms with Gasteiger partial charge in [0.15, 0.2) is 0 Å². The second-order valence-corrected chi connectivity index (χ2v) is 2.41. The summed E-state index contributed by atoms with van der Waals surface area (Å²) < 4.78 is 1.10. The molecule has 0 N–H and O–H groups in total. The van der Waals surface area contributed by atoms with Gasteiger partial charge in [-0.1, -0.05) is 15.9 Å². The number of rotatable bonds is 1. The Labute approximate surface area is 52.3 Å². The number of aliphatic imine (C=N–C) groups is 1. The molecule has 0 rings (SSSR count). The molecule has 0 heterocycles. The molecule has 7 heavy (non-hydrogen) atoms. The van der Waals surface area contributed by atoms with Crippen LogP contribution in [-0.4, -0.2) is 13.3 Å². The van der Waals surface area contributed by atoms with Crippen molar-refractivity contribution in [3.05, 3.63) is 10.6 Å². The molecule has 0 spiro atoms. The van der Waals surface area contributed by atoms with Crippen LogP contribution in [0.25, 0.3) is 0 Å². The Morgan fingerprint density at radius 2 is 2.29 bits per heavy atom. The van der Waals surface area contributed by atoms with Gasteiger partial charge in [-0.15, -0.1) is 0 Å². The van der Waals surface area contributed by atoms with E-state index >= 15 is 0 Å². The number of hydrogen-bond acceptors (Lipinski definition) is 1. The molecule has 0 aromatic heterocycles. The molecule has 0 aliphatic carbocycles. The molecule has 0 saturated carbocycles. The maximum Gasteiger partial charge on any atom is 0.0277 e. The van der Waals surface area contributed by atoms with Gasteiger partial charge in [0.25, 0.3) is 0 Å². The molecule has 0 fully saturated rings. The first kappa shape index (κ1) is 6.89. The molecule has 0 saturated heterocycles. The summed E-state index contributed by atoms with van der Waals surface area (Å²) in [6, 6.07) is 0. The second kappa shape index (κ2) is 4.06. The fourth-order valence-electron chi connectivity index (χ4n) is 0.177. The summed E-state index contributed by atoms with van der Waals surface area (Å²) in [5.74, 6) is 0. The van der Waals surface area contributed by atoms with Crippen LogP contribution in [0, 0.1) is 0 Å². The van der Waals surface area contributed by atoms with Gasteiger partial charge in [-0.3, -0.25) is 4.99 Å². The number of hydrogen-bond donors (Lipinski definition) is 0. The van der Waals surface area contributed by atoms with E-state index in [4.69, 9.17) is 0 Å². The van der Waals surface area contributed by atoms with Gasteiger partial charge in [0.05, 0.1) is 0 Å². The van der Waals surface area contributed by atoms with E-state index in [1.165, 1.54) is 0 Å². The molecule has 1 nitrogen and oxygen atoms in total. The molecule has 2 heteroatoms. The lowest BCUT2D eigenvalue weighted by Crippen LogP contribution is -1.61. The summed E-state index contributed by atoms with van der Waals surface area (Å²) in [4.78, 5) is 3.74. The predicted molar refractivity (Wildman–Crippen MR) is 37.1 cm³/mol. The van der Waals surface area contributed by atoms with Crippen molar-refractivity contribution in [3.8, 4) is 0 Å². The van der Waals surface area contributed by atoms with Gasteiger partial charge < -0.3 is 0 Å². The Balaban J connectivity index is 3.46. The lowest BCUT2D eigenvalue weighted by Gasteiger charge is -1.75. The fourth-order valence-corrected chi connectivity index (χ4v) is 0.295. The molecule has 0 aliphatic heterocycles. The minimum absolute atomic E-state index is 1.10. The van der Waals surface area contributed by atoms with Crippen LogP contribution in [0.2, 0.25) is 0 Å². The van der Waals surface area contributed by atoms with Crippen LogP contribution in [0.3, 0.4) is 0 Å². The third kappa shape index (κ3) is 5.89. The number of nitrogens with zero attached hydrogens (tertiary/aromatic N) is 1. The van der Waals surface area contributed by atoms with E-state index < -0.39 is 0 Å². The molecule has 0 aromatic carbocycles. The molecule has 0 aliphatic rings. The van der Waals surface area contributed by atoms with Gasteiger partial charge in [-0.2, -0.15) is 0 Å². The van der Waals surface area contributed by atoms with Crippen LogP contribution < -0.4 is 0 Å². The first-order chi connectivity index (χ1) is 3.27. The van der Waals surface area contributed by atoms with Crippen molar-refractivity contribution in [3.63, 3.8) is 0 Å². The van der Waals surface area contributed by atoms with Crippen molar-refractivity contribution < 1.29 is 0 Å². The van der Waals surface area contributed by atoms with E-state index in [-0.39, 0.29) is 0 Å². The zero-order chi connectivity index (χ0) is 5.70. The highest BCUT2D eigenvalue weighted by Gasteiger charge is 1.68. The minimum Gasteiger partial charge on any atom is -0.296 e. The smallest absolute Gasteiger partial charge is 0.0277 e. The lowest BCUT2D eigenvalue weighted by atomic mass is 10.6. The monoisotopic (exact) mass is 161 g/mol. The van der Waals surface area contributed by atoms with Crippen LogP contribution in [-0.2, 0) is 0 Å². The summed E-state index contributed by atoms with van der Waals surface area (Å²) in [6.07, 6.45) is 3.63. The van der Waals surface area contributed by atoms with Crippen LogP contribution in [0.15, 0.2) is 15.6 Å². The third-order valence-corrected chi connectivity index (χ3v) is 0.718. The maximum atomic E-state index is 3.74. The van der Waals surface area contributed by atoms with Gasteiger partial charge in [0.2, 0.25) is 0 Å². The Kier molecular flexibility index (Phi) is 4.00. The van der Waals surface area contributed by atoms with E-state index in [0.29, 0.717) is 0 Å². The van der Waals surface area contributed by atoms with Crippen LogP contribution in [0.4, 0.5) is 0 Å². The van der Waals surface area contributed by atoms with Gasteiger partial charge in [-0.05, 0) is 17.5 Å². The highest BCUT2D eigenvalue weighted by molar-refractivity contribution is 9.11. The summed E-state index contributed by atoms with van der Waals surface area (Å²) in [5, 5.41) is 0. The highest BCUT2D eigenvalue weighted by atomic mass is 79.9. The minimum atomic E-state index is 1.10. The molecular formula is C5H8BrN. The lowest BCUT2D eigenvalue weighted by molar-refractivity contribution is 1.47. The average Bonchev–Trinajstić information content (AvgIpc) is 1.61. The van der Waals surface area contributed by atoms with Crippen molar-refractivity contribution in [1.29, 1.82) is 0 Å². The third-order valence-electron chi connectivity index (χ3n) is 0.453. The van der Waals surface area contributed by atoms with Gasteiger partial charge in [0, 0.05) is 13.3 Å². The van der Waals surface area contributed by atoms with E-state index in [1.807, 2.05) is 13.0 Å². The average molecular weight is 162 g/mol. The summed E-state index contributed by atoms with van der Waals surface area (Å²) in [6.45, 7) is 1.96. The predicted octanol–water partition coefficient (Wildman–Crippen LogP) is 1.99. The summed E-state index contributed by atoms with van der Waals surface area (Å²) in [7, 11) is 1.74. The first-order valence-electron chi connectivity index (χ1n) is 2.02. The normalized spacial score (nSPS) is 13.3. The summed E-state index contributed by atoms with van der Waals surface area (Å²) >= 11 is 3.25. The van der Waals surface area contributed by atoms with Gasteiger partial charge in [0.1, 0.15) is 0 Å². The fraction of sp³-hybridized carbons (Fsp3) is 0.400. The van der Waals surface area contributed by atoms with E-state index in [9.17, 15) is 0 Å². The Bertz CT molecular complexity index is 90.3. The zero-order valence-electron chi connectivity index (χ0n) is 4.48. The first-order valence-corrected chi connectivity index (χ1v) is 2.81. The molecule has 0 bridgehead atoms. The number of allylic oxidation sites excluding steroid dienone is 2. The number of halogens is 1. The van der Waals surface area contributed by atoms with Crippen molar-refractivity contribution in [1.82, 2.24) is 0 Å². The van der Waals surface area contributed by atoms with Gasteiger partial charge in [-0.25, -0.2) is 0 Å². The summed E-state index contributed by atoms with van der Waals surface area (Å²) in [5.41, 5.74) is 0. The van der Waals surface area contributed by atoms with Crippen molar-refractivity contribution in [2.24, 2.45) is 4.99 Å². The van der Waals surface area contributed by atoms with E-state index in [2.05, 4.69) is 20.9 Å². The Morgan fingerprint density at radius 1 is 1.71 bits per heavy atom. The van der Waals surface area contributed by atoms with Crippen LogP contribution in [0.1, 0.15) is 6.92 Å². The van der Waals surface area contributed by atoms with Crippen LogP contribution >= 0.6 is 15.9 Å². The maximum absolute atomic E-state index is 3.74. The molecule has 40 valence electrons. The van der Waals surface area contributed by atoms with E-state index in [0.717, 1.165) is 4.48 Å². The van der Waals surface area contributed by atoms with Crippen molar-refractivity contribution in [2.45, 2.75) is 6.92 Å². The topological polar surface area (TPSA) is 12.4 Å². The largest absolute Gasteiger partial charge is 0.296 e. The second-order valence-electron chi connectivity index (χ2n) is 1.16. The van der Waals surface area contributed by atoms with Crippen molar-refractivity contribution >= 4 is 22.1 Å². The quantitative estimate of drug-likeness (QED) is 0.522. The molecule has 0 radical (unpaired) electrons. The highest BCUT2D eigenvalue weighted by Crippen LogP contribution is 1.98. The zero-order valence-corrected chi connectivity index (χ0v) is 6.07. The molecule has 0 amide bonds. The molecule has 0 aromatic rings. The molecule has 0 atom stereocenters.